The first-order valence-electron chi connectivity index (χ1n) is 6.97. The van der Waals surface area contributed by atoms with E-state index in [2.05, 4.69) is 29.8 Å². The van der Waals surface area contributed by atoms with Gasteiger partial charge in [0.15, 0.2) is 11.6 Å². The molecule has 0 aliphatic rings. The van der Waals surface area contributed by atoms with Gasteiger partial charge in [-0.05, 0) is 60.3 Å². The van der Waals surface area contributed by atoms with E-state index in [1.807, 2.05) is 24.3 Å². The summed E-state index contributed by atoms with van der Waals surface area (Å²) in [6, 6.07) is 10.7. The molecule has 0 aliphatic carbocycles. The number of hydrogen-bond donors (Lipinski definition) is 1. The number of benzene rings is 2. The zero-order valence-corrected chi connectivity index (χ0v) is 13.8. The number of rotatable bonds is 5. The molecule has 2 rings (SSSR count). The van der Waals surface area contributed by atoms with Crippen LogP contribution in [0.2, 0.25) is 0 Å². The van der Waals surface area contributed by atoms with Crippen LogP contribution < -0.4 is 10.5 Å². The molecule has 4 heteroatoms. The van der Waals surface area contributed by atoms with Gasteiger partial charge >= 0.3 is 0 Å². The molecule has 21 heavy (non-hydrogen) atoms. The molecule has 0 saturated heterocycles. The van der Waals surface area contributed by atoms with Gasteiger partial charge in [-0.2, -0.15) is 0 Å². The highest BCUT2D eigenvalue weighted by molar-refractivity contribution is 9.10. The van der Waals surface area contributed by atoms with Crippen molar-refractivity contribution < 1.29 is 9.13 Å². The van der Waals surface area contributed by atoms with E-state index >= 15 is 0 Å². The third-order valence-electron chi connectivity index (χ3n) is 3.24. The molecule has 0 unspecified atom stereocenters. The van der Waals surface area contributed by atoms with Crippen LogP contribution in [0.5, 0.6) is 11.5 Å². The predicted molar refractivity (Wildman–Crippen MR) is 87.5 cm³/mol. The molecule has 0 spiro atoms. The molecule has 2 aromatic rings. The summed E-state index contributed by atoms with van der Waals surface area (Å²) in [5.41, 5.74) is 7.40. The third-order valence-corrected chi connectivity index (χ3v) is 3.74. The SMILES string of the molecule is CC(C)c1cc(Br)ccc1Oc1ccc(CCN)cc1F. The van der Waals surface area contributed by atoms with Crippen molar-refractivity contribution in [3.8, 4) is 11.5 Å². The van der Waals surface area contributed by atoms with E-state index in [0.717, 1.165) is 15.6 Å². The van der Waals surface area contributed by atoms with Gasteiger partial charge < -0.3 is 10.5 Å². The first-order chi connectivity index (χ1) is 10.0. The van der Waals surface area contributed by atoms with Crippen LogP contribution in [-0.4, -0.2) is 6.54 Å². The van der Waals surface area contributed by atoms with Crippen LogP contribution in [0.15, 0.2) is 40.9 Å². The van der Waals surface area contributed by atoms with Gasteiger partial charge in [0, 0.05) is 4.47 Å². The lowest BCUT2D eigenvalue weighted by molar-refractivity contribution is 0.435. The lowest BCUT2D eigenvalue weighted by Gasteiger charge is -2.15. The van der Waals surface area contributed by atoms with Gasteiger partial charge in [-0.25, -0.2) is 4.39 Å². The molecule has 0 heterocycles. The van der Waals surface area contributed by atoms with E-state index in [1.54, 1.807) is 6.07 Å². The smallest absolute Gasteiger partial charge is 0.165 e. The van der Waals surface area contributed by atoms with Crippen molar-refractivity contribution in [1.82, 2.24) is 0 Å². The summed E-state index contributed by atoms with van der Waals surface area (Å²) in [6.45, 7) is 4.66. The molecule has 0 atom stereocenters. The molecule has 0 saturated carbocycles. The second-order valence-corrected chi connectivity index (χ2v) is 6.16. The standard InChI is InChI=1S/C17H19BrFNO/c1-11(2)14-10-13(18)4-6-16(14)21-17-5-3-12(7-8-20)9-15(17)19/h3-6,9-11H,7-8,20H2,1-2H3. The highest BCUT2D eigenvalue weighted by Gasteiger charge is 2.12. The molecule has 0 fully saturated rings. The van der Waals surface area contributed by atoms with E-state index in [0.29, 0.717) is 18.7 Å². The zero-order valence-electron chi connectivity index (χ0n) is 12.2. The summed E-state index contributed by atoms with van der Waals surface area (Å²) >= 11 is 3.45. The van der Waals surface area contributed by atoms with Gasteiger partial charge in [0.2, 0.25) is 0 Å². The second-order valence-electron chi connectivity index (χ2n) is 5.24. The summed E-state index contributed by atoms with van der Waals surface area (Å²) in [5, 5.41) is 0. The first-order valence-corrected chi connectivity index (χ1v) is 7.76. The lowest BCUT2D eigenvalue weighted by Crippen LogP contribution is -2.03. The molecule has 0 radical (unpaired) electrons. The van der Waals surface area contributed by atoms with Crippen molar-refractivity contribution in [2.24, 2.45) is 5.73 Å². The van der Waals surface area contributed by atoms with Crippen molar-refractivity contribution in [2.75, 3.05) is 6.54 Å². The highest BCUT2D eigenvalue weighted by atomic mass is 79.9. The van der Waals surface area contributed by atoms with Gasteiger partial charge in [0.05, 0.1) is 0 Å². The van der Waals surface area contributed by atoms with Crippen molar-refractivity contribution in [2.45, 2.75) is 26.2 Å². The second kappa shape index (κ2) is 7.05. The largest absolute Gasteiger partial charge is 0.454 e. The van der Waals surface area contributed by atoms with E-state index in [9.17, 15) is 4.39 Å². The van der Waals surface area contributed by atoms with Gasteiger partial charge in [0.25, 0.3) is 0 Å². The number of ether oxygens (including phenoxy) is 1. The number of nitrogens with two attached hydrogens (primary N) is 1. The third kappa shape index (κ3) is 4.05. The van der Waals surface area contributed by atoms with Crippen molar-refractivity contribution in [1.29, 1.82) is 0 Å². The van der Waals surface area contributed by atoms with Crippen LogP contribution in [0.1, 0.15) is 30.9 Å². The Kier molecular flexibility index (Phi) is 5.37. The Hall–Kier alpha value is -1.39. The van der Waals surface area contributed by atoms with E-state index in [1.165, 1.54) is 6.07 Å². The maximum Gasteiger partial charge on any atom is 0.165 e. The summed E-state index contributed by atoms with van der Waals surface area (Å²) in [4.78, 5) is 0. The Bertz CT molecular complexity index is 628. The van der Waals surface area contributed by atoms with E-state index in [-0.39, 0.29) is 17.5 Å². The summed E-state index contributed by atoms with van der Waals surface area (Å²) in [5.74, 6) is 0.842. The number of halogens is 2. The highest BCUT2D eigenvalue weighted by Crippen LogP contribution is 2.34. The molecular weight excluding hydrogens is 333 g/mol. The van der Waals surface area contributed by atoms with Crippen LogP contribution in [-0.2, 0) is 6.42 Å². The molecule has 2 aromatic carbocycles. The minimum absolute atomic E-state index is 0.236. The van der Waals surface area contributed by atoms with E-state index < -0.39 is 0 Å². The molecule has 2 nitrogen and oxygen atoms in total. The molecule has 112 valence electrons. The zero-order chi connectivity index (χ0) is 15.4. The molecule has 0 amide bonds. The molecule has 0 aromatic heterocycles. The normalized spacial score (nSPS) is 11.0. The molecule has 2 N–H and O–H groups in total. The summed E-state index contributed by atoms with van der Waals surface area (Å²) in [6.07, 6.45) is 0.659. The Morgan fingerprint density at radius 3 is 2.48 bits per heavy atom. The summed E-state index contributed by atoms with van der Waals surface area (Å²) < 4.78 is 20.8. The first kappa shape index (κ1) is 16.0. The quantitative estimate of drug-likeness (QED) is 0.821. The molecule has 0 bridgehead atoms. The van der Waals surface area contributed by atoms with Gasteiger partial charge in [-0.3, -0.25) is 0 Å². The Morgan fingerprint density at radius 1 is 1.14 bits per heavy atom. The topological polar surface area (TPSA) is 35.2 Å². The van der Waals surface area contributed by atoms with Gasteiger partial charge in [-0.15, -0.1) is 0 Å². The van der Waals surface area contributed by atoms with Crippen LogP contribution in [0.3, 0.4) is 0 Å². The fraction of sp³-hybridized carbons (Fsp3) is 0.294. The monoisotopic (exact) mass is 351 g/mol. The lowest BCUT2D eigenvalue weighted by atomic mass is 10.0. The average Bonchev–Trinajstić information content (AvgIpc) is 2.43. The van der Waals surface area contributed by atoms with Crippen LogP contribution in [0.4, 0.5) is 4.39 Å². The number of hydrogen-bond acceptors (Lipinski definition) is 2. The average molecular weight is 352 g/mol. The van der Waals surface area contributed by atoms with Crippen LogP contribution in [0, 0.1) is 5.82 Å². The van der Waals surface area contributed by atoms with Crippen molar-refractivity contribution in [3.63, 3.8) is 0 Å². The minimum Gasteiger partial charge on any atom is -0.454 e. The van der Waals surface area contributed by atoms with Crippen molar-refractivity contribution >= 4 is 15.9 Å². The summed E-state index contributed by atoms with van der Waals surface area (Å²) in [7, 11) is 0. The maximum absolute atomic E-state index is 14.1. The van der Waals surface area contributed by atoms with Gasteiger partial charge in [0.1, 0.15) is 5.75 Å². The van der Waals surface area contributed by atoms with Crippen LogP contribution in [0.25, 0.3) is 0 Å². The molecular formula is C17H19BrFNO. The Balaban J connectivity index is 2.30. The fourth-order valence-corrected chi connectivity index (χ4v) is 2.51. The predicted octanol–water partition coefficient (Wildman–Crippen LogP) is 5.01. The maximum atomic E-state index is 14.1. The van der Waals surface area contributed by atoms with E-state index in [4.69, 9.17) is 10.5 Å². The van der Waals surface area contributed by atoms with Gasteiger partial charge in [-0.1, -0.05) is 35.8 Å². The Labute approximate surface area is 133 Å². The molecule has 0 aliphatic heterocycles. The fourth-order valence-electron chi connectivity index (χ4n) is 2.13. The minimum atomic E-state index is -0.362. The Morgan fingerprint density at radius 2 is 1.86 bits per heavy atom. The van der Waals surface area contributed by atoms with Crippen LogP contribution >= 0.6 is 15.9 Å². The van der Waals surface area contributed by atoms with Crippen molar-refractivity contribution in [3.05, 3.63) is 57.8 Å².